The number of benzene rings is 2. The molecule has 1 heterocycles. The highest BCUT2D eigenvalue weighted by atomic mass is 16.5. The average Bonchev–Trinajstić information content (AvgIpc) is 3.12. The smallest absolute Gasteiger partial charge is 0.223 e. The molecule has 0 unspecified atom stereocenters. The molecular formula is C26H35N3O2. The Morgan fingerprint density at radius 2 is 1.87 bits per heavy atom. The summed E-state index contributed by atoms with van der Waals surface area (Å²) < 4.78 is 8.35. The van der Waals surface area contributed by atoms with Crippen molar-refractivity contribution in [2.24, 2.45) is 5.92 Å². The number of nitrogens with zero attached hydrogens (tertiary/aromatic N) is 2. The molecule has 0 bridgehead atoms. The normalized spacial score (nSPS) is 11.3. The number of para-hydroxylation sites is 2. The Labute approximate surface area is 185 Å². The third-order valence-corrected chi connectivity index (χ3v) is 6.09. The highest BCUT2D eigenvalue weighted by Gasteiger charge is 2.14. The summed E-state index contributed by atoms with van der Waals surface area (Å²) in [5.74, 6) is 2.27. The van der Waals surface area contributed by atoms with Gasteiger partial charge < -0.3 is 14.6 Å². The van der Waals surface area contributed by atoms with Gasteiger partial charge >= 0.3 is 0 Å². The van der Waals surface area contributed by atoms with E-state index in [1.807, 2.05) is 24.3 Å². The molecular weight excluding hydrogens is 386 g/mol. The lowest BCUT2D eigenvalue weighted by Crippen LogP contribution is -2.31. The summed E-state index contributed by atoms with van der Waals surface area (Å²) in [6.45, 7) is 10.3. The van der Waals surface area contributed by atoms with E-state index in [9.17, 15) is 4.79 Å². The summed E-state index contributed by atoms with van der Waals surface area (Å²) >= 11 is 0. The highest BCUT2D eigenvalue weighted by molar-refractivity contribution is 5.78. The molecule has 0 saturated carbocycles. The van der Waals surface area contributed by atoms with E-state index in [0.717, 1.165) is 54.8 Å². The molecule has 0 fully saturated rings. The standard InChI is InChI=1S/C26H35N3O2/c1-5-21(6-2)26(30)27-16-10-15-25-28-22-12-7-8-13-23(22)29(25)17-18-31-24-14-9-11-19(3)20(24)4/h7-9,11-14,21H,5-6,10,15-18H2,1-4H3,(H,27,30). The number of fused-ring (bicyclic) bond motifs is 1. The van der Waals surface area contributed by atoms with E-state index < -0.39 is 0 Å². The Morgan fingerprint density at radius 1 is 1.10 bits per heavy atom. The Hall–Kier alpha value is -2.82. The molecule has 5 nitrogen and oxygen atoms in total. The maximum absolute atomic E-state index is 12.2. The van der Waals surface area contributed by atoms with Crippen LogP contribution in [-0.4, -0.2) is 28.6 Å². The fraction of sp³-hybridized carbons (Fsp3) is 0.462. The molecule has 166 valence electrons. The van der Waals surface area contributed by atoms with E-state index in [1.54, 1.807) is 0 Å². The van der Waals surface area contributed by atoms with Crippen molar-refractivity contribution < 1.29 is 9.53 Å². The number of aryl methyl sites for hydroxylation is 2. The second-order valence-electron chi connectivity index (χ2n) is 8.12. The first-order chi connectivity index (χ1) is 15.0. The number of rotatable bonds is 11. The second-order valence-corrected chi connectivity index (χ2v) is 8.12. The van der Waals surface area contributed by atoms with Gasteiger partial charge in [0.15, 0.2) is 0 Å². The van der Waals surface area contributed by atoms with E-state index in [0.29, 0.717) is 13.2 Å². The molecule has 0 radical (unpaired) electrons. The third-order valence-electron chi connectivity index (χ3n) is 6.09. The predicted octanol–water partition coefficient (Wildman–Crippen LogP) is 5.22. The van der Waals surface area contributed by atoms with Crippen molar-refractivity contribution in [3.63, 3.8) is 0 Å². The van der Waals surface area contributed by atoms with E-state index in [1.165, 1.54) is 11.1 Å². The van der Waals surface area contributed by atoms with Gasteiger partial charge in [-0.3, -0.25) is 4.79 Å². The van der Waals surface area contributed by atoms with E-state index in [2.05, 4.69) is 55.8 Å². The summed E-state index contributed by atoms with van der Waals surface area (Å²) in [5, 5.41) is 3.08. The van der Waals surface area contributed by atoms with Gasteiger partial charge in [0, 0.05) is 18.9 Å². The number of hydrogen-bond acceptors (Lipinski definition) is 3. The van der Waals surface area contributed by atoms with Crippen LogP contribution in [0.15, 0.2) is 42.5 Å². The molecule has 3 aromatic rings. The molecule has 1 amide bonds. The van der Waals surface area contributed by atoms with Crippen LogP contribution in [-0.2, 0) is 17.8 Å². The van der Waals surface area contributed by atoms with Crippen molar-refractivity contribution in [2.45, 2.75) is 59.9 Å². The Morgan fingerprint density at radius 3 is 2.65 bits per heavy atom. The minimum atomic E-state index is 0.117. The fourth-order valence-electron chi connectivity index (χ4n) is 3.96. The van der Waals surface area contributed by atoms with Crippen LogP contribution in [0.1, 0.15) is 50.1 Å². The van der Waals surface area contributed by atoms with E-state index >= 15 is 0 Å². The van der Waals surface area contributed by atoms with Crippen molar-refractivity contribution in [3.05, 3.63) is 59.4 Å². The maximum atomic E-state index is 12.2. The molecule has 5 heteroatoms. The largest absolute Gasteiger partial charge is 0.491 e. The molecule has 0 atom stereocenters. The Kier molecular flexibility index (Phi) is 8.10. The number of imidazole rings is 1. The fourth-order valence-corrected chi connectivity index (χ4v) is 3.96. The molecule has 0 saturated heterocycles. The first kappa shape index (κ1) is 22.9. The summed E-state index contributed by atoms with van der Waals surface area (Å²) in [6.07, 6.45) is 3.46. The maximum Gasteiger partial charge on any atom is 0.223 e. The molecule has 1 aromatic heterocycles. The lowest BCUT2D eigenvalue weighted by molar-refractivity contribution is -0.125. The van der Waals surface area contributed by atoms with Crippen LogP contribution in [0.5, 0.6) is 5.75 Å². The number of carbonyl (C=O) groups is 1. The van der Waals surface area contributed by atoms with Gasteiger partial charge in [-0.15, -0.1) is 0 Å². The summed E-state index contributed by atoms with van der Waals surface area (Å²) in [4.78, 5) is 17.1. The molecule has 1 N–H and O–H groups in total. The lowest BCUT2D eigenvalue weighted by atomic mass is 10.0. The number of amides is 1. The zero-order valence-corrected chi connectivity index (χ0v) is 19.3. The van der Waals surface area contributed by atoms with Crippen LogP contribution >= 0.6 is 0 Å². The van der Waals surface area contributed by atoms with Gasteiger partial charge in [-0.05, 0) is 62.4 Å². The zero-order valence-electron chi connectivity index (χ0n) is 19.3. The van der Waals surface area contributed by atoms with Crippen molar-refractivity contribution in [1.82, 2.24) is 14.9 Å². The van der Waals surface area contributed by atoms with Gasteiger partial charge in [0.1, 0.15) is 18.2 Å². The predicted molar refractivity (Wildman–Crippen MR) is 127 cm³/mol. The van der Waals surface area contributed by atoms with Crippen molar-refractivity contribution in [2.75, 3.05) is 13.2 Å². The quantitative estimate of drug-likeness (QED) is 0.432. The zero-order chi connectivity index (χ0) is 22.2. The molecule has 0 aliphatic heterocycles. The number of carbonyl (C=O) groups excluding carboxylic acids is 1. The van der Waals surface area contributed by atoms with Crippen molar-refractivity contribution in [3.8, 4) is 5.75 Å². The van der Waals surface area contributed by atoms with Crippen LogP contribution in [0, 0.1) is 19.8 Å². The van der Waals surface area contributed by atoms with Crippen LogP contribution in [0.3, 0.4) is 0 Å². The Bertz CT molecular complexity index is 1010. The van der Waals surface area contributed by atoms with E-state index in [4.69, 9.17) is 9.72 Å². The lowest BCUT2D eigenvalue weighted by Gasteiger charge is -2.14. The van der Waals surface area contributed by atoms with Gasteiger partial charge in [-0.25, -0.2) is 4.98 Å². The van der Waals surface area contributed by atoms with E-state index in [-0.39, 0.29) is 11.8 Å². The SMILES string of the molecule is CCC(CC)C(=O)NCCCc1nc2ccccc2n1CCOc1cccc(C)c1C. The van der Waals surface area contributed by atoms with Gasteiger partial charge in [0.25, 0.3) is 0 Å². The van der Waals surface area contributed by atoms with Crippen molar-refractivity contribution >= 4 is 16.9 Å². The molecule has 0 aliphatic rings. The minimum Gasteiger partial charge on any atom is -0.491 e. The number of aromatic nitrogens is 2. The first-order valence-electron chi connectivity index (χ1n) is 11.5. The number of nitrogens with one attached hydrogen (secondary N) is 1. The van der Waals surface area contributed by atoms with Gasteiger partial charge in [0.05, 0.1) is 17.6 Å². The molecule has 0 aliphatic carbocycles. The summed E-state index contributed by atoms with van der Waals surface area (Å²) in [5.41, 5.74) is 4.56. The third kappa shape index (κ3) is 5.66. The molecule has 2 aromatic carbocycles. The first-order valence-corrected chi connectivity index (χ1v) is 11.5. The van der Waals surface area contributed by atoms with Crippen LogP contribution < -0.4 is 10.1 Å². The summed E-state index contributed by atoms with van der Waals surface area (Å²) in [6, 6.07) is 14.4. The minimum absolute atomic E-state index is 0.117. The molecule has 0 spiro atoms. The van der Waals surface area contributed by atoms with Gasteiger partial charge in [-0.1, -0.05) is 38.1 Å². The van der Waals surface area contributed by atoms with Crippen molar-refractivity contribution in [1.29, 1.82) is 0 Å². The van der Waals surface area contributed by atoms with Gasteiger partial charge in [-0.2, -0.15) is 0 Å². The number of ether oxygens (including phenoxy) is 1. The highest BCUT2D eigenvalue weighted by Crippen LogP contribution is 2.21. The van der Waals surface area contributed by atoms with Gasteiger partial charge in [0.2, 0.25) is 5.91 Å². The second kappa shape index (κ2) is 11.0. The number of hydrogen-bond donors (Lipinski definition) is 1. The molecule has 31 heavy (non-hydrogen) atoms. The average molecular weight is 422 g/mol. The summed E-state index contributed by atoms with van der Waals surface area (Å²) in [7, 11) is 0. The monoisotopic (exact) mass is 421 g/mol. The molecule has 3 rings (SSSR count). The van der Waals surface area contributed by atoms with Crippen LogP contribution in [0.25, 0.3) is 11.0 Å². The van der Waals surface area contributed by atoms with Crippen LogP contribution in [0.4, 0.5) is 0 Å². The Balaban J connectivity index is 1.63. The topological polar surface area (TPSA) is 56.2 Å². The van der Waals surface area contributed by atoms with Crippen LogP contribution in [0.2, 0.25) is 0 Å².